The van der Waals surface area contributed by atoms with Gasteiger partial charge in [0.1, 0.15) is 6.04 Å². The van der Waals surface area contributed by atoms with E-state index in [1.807, 2.05) is 79.7 Å². The zero-order chi connectivity index (χ0) is 19.7. The molecule has 0 fully saturated rings. The summed E-state index contributed by atoms with van der Waals surface area (Å²) in [5.74, 6) is -1.80. The molecule has 1 aliphatic rings. The van der Waals surface area contributed by atoms with Crippen molar-refractivity contribution >= 4 is 11.9 Å². The largest absolute Gasteiger partial charge is 0.480 e. The molecule has 0 bridgehead atoms. The maximum atomic E-state index is 13.2. The van der Waals surface area contributed by atoms with Crippen molar-refractivity contribution in [2.24, 2.45) is 0 Å². The van der Waals surface area contributed by atoms with Gasteiger partial charge in [0.05, 0.1) is 5.92 Å². The minimum atomic E-state index is -1.03. The van der Waals surface area contributed by atoms with Crippen LogP contribution in [0.1, 0.15) is 28.2 Å². The molecule has 0 spiro atoms. The molecule has 1 atom stereocenters. The molecule has 1 aliphatic carbocycles. The smallest absolute Gasteiger partial charge is 0.326 e. The van der Waals surface area contributed by atoms with Crippen LogP contribution in [-0.2, 0) is 16.0 Å². The van der Waals surface area contributed by atoms with Crippen molar-refractivity contribution in [2.45, 2.75) is 25.3 Å². The normalized spacial score (nSPS) is 13.5. The van der Waals surface area contributed by atoms with Crippen molar-refractivity contribution in [3.8, 4) is 11.1 Å². The summed E-state index contributed by atoms with van der Waals surface area (Å²) >= 11 is 0. The minimum Gasteiger partial charge on any atom is -0.480 e. The topological polar surface area (TPSA) is 66.4 Å². The van der Waals surface area contributed by atoms with Crippen molar-refractivity contribution in [1.29, 1.82) is 0 Å². The highest BCUT2D eigenvalue weighted by atomic mass is 16.4. The number of benzene rings is 3. The Labute approximate surface area is 163 Å². The lowest BCUT2D eigenvalue weighted by Gasteiger charge is -2.20. The van der Waals surface area contributed by atoms with E-state index in [4.69, 9.17) is 0 Å². The van der Waals surface area contributed by atoms with Gasteiger partial charge in [0.2, 0.25) is 5.91 Å². The van der Waals surface area contributed by atoms with Crippen LogP contribution in [0.5, 0.6) is 0 Å². The van der Waals surface area contributed by atoms with Crippen molar-refractivity contribution in [2.75, 3.05) is 0 Å². The van der Waals surface area contributed by atoms with Gasteiger partial charge in [0.25, 0.3) is 0 Å². The Bertz CT molecular complexity index is 1010. The van der Waals surface area contributed by atoms with Gasteiger partial charge in [-0.3, -0.25) is 4.79 Å². The second-order valence-electron chi connectivity index (χ2n) is 7.14. The van der Waals surface area contributed by atoms with Gasteiger partial charge in [0.15, 0.2) is 0 Å². The molecule has 140 valence electrons. The van der Waals surface area contributed by atoms with Crippen LogP contribution in [0, 0.1) is 6.92 Å². The molecule has 0 saturated heterocycles. The Kier molecular flexibility index (Phi) is 4.70. The maximum Gasteiger partial charge on any atom is 0.326 e. The summed E-state index contributed by atoms with van der Waals surface area (Å²) < 4.78 is 0. The molecule has 4 rings (SSSR count). The van der Waals surface area contributed by atoms with Gasteiger partial charge in [-0.05, 0) is 40.3 Å². The lowest BCUT2D eigenvalue weighted by molar-refractivity contribution is -0.141. The number of hydrogen-bond donors (Lipinski definition) is 2. The maximum absolute atomic E-state index is 13.2. The van der Waals surface area contributed by atoms with Gasteiger partial charge in [-0.15, -0.1) is 0 Å². The Morgan fingerprint density at radius 2 is 1.43 bits per heavy atom. The number of rotatable bonds is 5. The zero-order valence-corrected chi connectivity index (χ0v) is 15.6. The molecule has 0 aliphatic heterocycles. The van der Waals surface area contributed by atoms with E-state index in [2.05, 4.69) is 5.32 Å². The summed E-state index contributed by atoms with van der Waals surface area (Å²) in [6.45, 7) is 1.94. The van der Waals surface area contributed by atoms with Crippen LogP contribution in [-0.4, -0.2) is 23.0 Å². The molecule has 0 aromatic heterocycles. The number of carboxylic acid groups (broad SMARTS) is 1. The quantitative estimate of drug-likeness (QED) is 0.714. The van der Waals surface area contributed by atoms with Crippen molar-refractivity contribution in [1.82, 2.24) is 5.32 Å². The molecule has 0 saturated carbocycles. The van der Waals surface area contributed by atoms with Gasteiger partial charge in [0, 0.05) is 6.42 Å². The summed E-state index contributed by atoms with van der Waals surface area (Å²) in [6.07, 6.45) is 0.254. The third kappa shape index (κ3) is 3.18. The predicted octanol–water partition coefficient (Wildman–Crippen LogP) is 3.92. The molecule has 3 aromatic carbocycles. The highest BCUT2D eigenvalue weighted by Gasteiger charge is 2.35. The monoisotopic (exact) mass is 371 g/mol. The molecule has 1 amide bonds. The molecular formula is C24H21NO3. The van der Waals surface area contributed by atoms with E-state index in [0.717, 1.165) is 33.4 Å². The fourth-order valence-electron chi connectivity index (χ4n) is 3.95. The van der Waals surface area contributed by atoms with E-state index in [-0.39, 0.29) is 12.3 Å². The number of aliphatic carboxylic acids is 1. The minimum absolute atomic E-state index is 0.254. The Balaban J connectivity index is 1.63. The van der Waals surface area contributed by atoms with Gasteiger partial charge in [-0.1, -0.05) is 72.8 Å². The Morgan fingerprint density at radius 3 is 2.00 bits per heavy atom. The first-order valence-electron chi connectivity index (χ1n) is 9.32. The Hall–Kier alpha value is -3.40. The summed E-state index contributed by atoms with van der Waals surface area (Å²) in [5, 5.41) is 12.5. The fourth-order valence-corrected chi connectivity index (χ4v) is 3.95. The van der Waals surface area contributed by atoms with Crippen LogP contribution in [0.3, 0.4) is 0 Å². The molecular weight excluding hydrogens is 350 g/mol. The van der Waals surface area contributed by atoms with E-state index >= 15 is 0 Å². The van der Waals surface area contributed by atoms with Gasteiger partial charge in [-0.2, -0.15) is 0 Å². The summed E-state index contributed by atoms with van der Waals surface area (Å²) in [4.78, 5) is 25.0. The second-order valence-corrected chi connectivity index (χ2v) is 7.14. The Morgan fingerprint density at radius 1 is 0.893 bits per heavy atom. The van der Waals surface area contributed by atoms with Gasteiger partial charge in [-0.25, -0.2) is 4.79 Å². The van der Waals surface area contributed by atoms with E-state index in [0.29, 0.717) is 0 Å². The van der Waals surface area contributed by atoms with Crippen molar-refractivity contribution in [3.05, 3.63) is 95.1 Å². The fraction of sp³-hybridized carbons (Fsp3) is 0.167. The average Bonchev–Trinajstić information content (AvgIpc) is 3.03. The number of hydrogen-bond acceptors (Lipinski definition) is 2. The van der Waals surface area contributed by atoms with Crippen molar-refractivity contribution in [3.63, 3.8) is 0 Å². The molecule has 0 unspecified atom stereocenters. The molecule has 28 heavy (non-hydrogen) atoms. The summed E-state index contributed by atoms with van der Waals surface area (Å²) in [7, 11) is 0. The third-order valence-electron chi connectivity index (χ3n) is 5.40. The highest BCUT2D eigenvalue weighted by molar-refractivity contribution is 5.97. The number of nitrogens with one attached hydrogen (secondary N) is 1. The lowest BCUT2D eigenvalue weighted by Crippen LogP contribution is -2.44. The number of fused-ring (bicyclic) bond motifs is 3. The average molecular weight is 371 g/mol. The van der Waals surface area contributed by atoms with Crippen LogP contribution < -0.4 is 5.32 Å². The first-order valence-corrected chi connectivity index (χ1v) is 9.32. The number of carbonyl (C=O) groups is 2. The van der Waals surface area contributed by atoms with Crippen LogP contribution in [0.15, 0.2) is 72.8 Å². The van der Waals surface area contributed by atoms with Crippen LogP contribution >= 0.6 is 0 Å². The predicted molar refractivity (Wildman–Crippen MR) is 108 cm³/mol. The second kappa shape index (κ2) is 7.31. The van der Waals surface area contributed by atoms with Gasteiger partial charge < -0.3 is 10.4 Å². The first-order chi connectivity index (χ1) is 13.6. The van der Waals surface area contributed by atoms with E-state index in [9.17, 15) is 14.7 Å². The SMILES string of the molecule is Cc1ccccc1C[C@H](NC(=O)C1c2ccccc2-c2ccccc21)C(=O)O. The van der Waals surface area contributed by atoms with Gasteiger partial charge >= 0.3 is 5.97 Å². The standard InChI is InChI=1S/C24H21NO3/c1-15-8-2-3-9-16(15)14-21(24(27)28)25-23(26)22-19-12-6-4-10-17(19)18-11-5-7-13-20(18)22/h2-13,21-22H,14H2,1H3,(H,25,26)(H,27,28)/t21-/m0/s1. The number of carbonyl (C=O) groups excluding carboxylic acids is 1. The highest BCUT2D eigenvalue weighted by Crippen LogP contribution is 2.44. The molecule has 4 nitrogen and oxygen atoms in total. The van der Waals surface area contributed by atoms with E-state index < -0.39 is 17.9 Å². The van der Waals surface area contributed by atoms with Crippen LogP contribution in [0.2, 0.25) is 0 Å². The lowest BCUT2D eigenvalue weighted by atomic mass is 9.95. The van der Waals surface area contributed by atoms with Crippen molar-refractivity contribution < 1.29 is 14.7 Å². The molecule has 3 aromatic rings. The third-order valence-corrected chi connectivity index (χ3v) is 5.40. The molecule has 4 heteroatoms. The molecule has 2 N–H and O–H groups in total. The van der Waals surface area contributed by atoms with Crippen LogP contribution in [0.4, 0.5) is 0 Å². The van der Waals surface area contributed by atoms with E-state index in [1.54, 1.807) is 0 Å². The number of aryl methyl sites for hydroxylation is 1. The zero-order valence-electron chi connectivity index (χ0n) is 15.6. The first kappa shape index (κ1) is 18.0. The van der Waals surface area contributed by atoms with Crippen LogP contribution in [0.25, 0.3) is 11.1 Å². The molecule has 0 radical (unpaired) electrons. The number of carboxylic acids is 1. The summed E-state index contributed by atoms with van der Waals surface area (Å²) in [5.41, 5.74) is 5.83. The van der Waals surface area contributed by atoms with E-state index in [1.165, 1.54) is 0 Å². The number of amides is 1. The molecule has 0 heterocycles. The summed E-state index contributed by atoms with van der Waals surface area (Å²) in [6, 6.07) is 22.3.